The first kappa shape index (κ1) is 28.9. The van der Waals surface area contributed by atoms with Gasteiger partial charge in [0.25, 0.3) is 5.56 Å². The van der Waals surface area contributed by atoms with Gasteiger partial charge in [-0.25, -0.2) is 9.79 Å². The van der Waals surface area contributed by atoms with Crippen LogP contribution in [0.25, 0.3) is 6.08 Å². The minimum absolute atomic E-state index is 0.247. The lowest BCUT2D eigenvalue weighted by Crippen LogP contribution is -2.40. The molecule has 0 unspecified atom stereocenters. The summed E-state index contributed by atoms with van der Waals surface area (Å²) in [6.45, 7) is 2.17. The number of carbonyl (C=O) groups is 1. The Labute approximate surface area is 254 Å². The lowest BCUT2D eigenvalue weighted by molar-refractivity contribution is -0.136. The fourth-order valence-corrected chi connectivity index (χ4v) is 6.42. The van der Waals surface area contributed by atoms with E-state index in [1.165, 1.54) is 18.4 Å². The minimum atomic E-state index is -0.674. The quantitative estimate of drug-likeness (QED) is 0.225. The van der Waals surface area contributed by atoms with Gasteiger partial charge in [0, 0.05) is 15.1 Å². The van der Waals surface area contributed by atoms with Crippen LogP contribution in [0.15, 0.2) is 92.3 Å². The molecule has 0 aliphatic carbocycles. The molecule has 1 aliphatic rings. The molecule has 0 saturated carbocycles. The molecule has 3 aromatic carbocycles. The van der Waals surface area contributed by atoms with Crippen molar-refractivity contribution in [2.45, 2.75) is 26.0 Å². The number of hydrogen-bond donors (Lipinski definition) is 0. The van der Waals surface area contributed by atoms with E-state index in [0.717, 1.165) is 15.6 Å². The predicted octanol–water partition coefficient (Wildman–Crippen LogP) is 5.80. The lowest BCUT2D eigenvalue weighted by Gasteiger charge is -2.25. The number of nitrogens with zero attached hydrogens (tertiary/aromatic N) is 2. The van der Waals surface area contributed by atoms with E-state index in [2.05, 4.69) is 15.9 Å². The second-order valence-corrected chi connectivity index (χ2v) is 11.5. The Hall–Kier alpha value is -3.66. The van der Waals surface area contributed by atoms with E-state index < -0.39 is 12.0 Å². The Morgan fingerprint density at radius 2 is 1.90 bits per heavy atom. The van der Waals surface area contributed by atoms with Gasteiger partial charge in [0.1, 0.15) is 6.61 Å². The monoisotopic (exact) mass is 652 g/mol. The highest BCUT2D eigenvalue weighted by molar-refractivity contribution is 9.10. The van der Waals surface area contributed by atoms with Crippen molar-refractivity contribution in [2.75, 3.05) is 14.2 Å². The molecule has 2 heterocycles. The molecule has 0 fully saturated rings. The van der Waals surface area contributed by atoms with E-state index in [4.69, 9.17) is 30.8 Å². The van der Waals surface area contributed by atoms with Crippen LogP contribution in [0.3, 0.4) is 0 Å². The van der Waals surface area contributed by atoms with Crippen LogP contribution in [0.4, 0.5) is 0 Å². The topological polar surface area (TPSA) is 79.1 Å². The van der Waals surface area contributed by atoms with Gasteiger partial charge in [-0.15, -0.1) is 0 Å². The molecule has 41 heavy (non-hydrogen) atoms. The van der Waals surface area contributed by atoms with E-state index in [1.807, 2.05) is 61.5 Å². The summed E-state index contributed by atoms with van der Waals surface area (Å²) in [7, 11) is 2.90. The van der Waals surface area contributed by atoms with Gasteiger partial charge in [-0.3, -0.25) is 9.36 Å². The molecule has 0 spiro atoms. The van der Waals surface area contributed by atoms with Crippen molar-refractivity contribution < 1.29 is 19.0 Å². The van der Waals surface area contributed by atoms with E-state index in [9.17, 15) is 9.59 Å². The van der Waals surface area contributed by atoms with Crippen molar-refractivity contribution in [3.63, 3.8) is 0 Å². The van der Waals surface area contributed by atoms with Crippen LogP contribution in [0.2, 0.25) is 5.02 Å². The van der Waals surface area contributed by atoms with Crippen LogP contribution in [0.1, 0.15) is 36.1 Å². The maximum atomic E-state index is 14.0. The highest BCUT2D eigenvalue weighted by Crippen LogP contribution is 2.36. The number of thiazole rings is 1. The van der Waals surface area contributed by atoms with Crippen molar-refractivity contribution >= 4 is 50.9 Å². The van der Waals surface area contributed by atoms with Crippen LogP contribution in [0.5, 0.6) is 11.5 Å². The van der Waals surface area contributed by atoms with Crippen molar-refractivity contribution in [2.24, 2.45) is 4.99 Å². The van der Waals surface area contributed by atoms with Gasteiger partial charge >= 0.3 is 5.97 Å². The molecule has 7 nitrogen and oxygen atoms in total. The first-order chi connectivity index (χ1) is 19.8. The van der Waals surface area contributed by atoms with Crippen LogP contribution in [0, 0.1) is 0 Å². The first-order valence-corrected chi connectivity index (χ1v) is 14.8. The van der Waals surface area contributed by atoms with Gasteiger partial charge in [0.05, 0.1) is 36.1 Å². The molecule has 210 valence electrons. The first-order valence-electron chi connectivity index (χ1n) is 12.8. The lowest BCUT2D eigenvalue weighted by atomic mass is 9.95. The highest BCUT2D eigenvalue weighted by Gasteiger charge is 2.33. The summed E-state index contributed by atoms with van der Waals surface area (Å²) >= 11 is 11.0. The summed E-state index contributed by atoms with van der Waals surface area (Å²) < 4.78 is 19.7. The zero-order valence-corrected chi connectivity index (χ0v) is 25.7. The molecule has 0 bridgehead atoms. The van der Waals surface area contributed by atoms with Gasteiger partial charge in [-0.2, -0.15) is 0 Å². The summed E-state index contributed by atoms with van der Waals surface area (Å²) in [4.78, 5) is 32.3. The zero-order valence-electron chi connectivity index (χ0n) is 22.5. The number of rotatable bonds is 8. The zero-order chi connectivity index (χ0) is 29.1. The summed E-state index contributed by atoms with van der Waals surface area (Å²) in [6.07, 6.45) is 2.27. The number of ether oxygens (including phenoxy) is 3. The van der Waals surface area contributed by atoms with E-state index in [1.54, 1.807) is 29.9 Å². The number of hydrogen-bond acceptors (Lipinski definition) is 7. The second-order valence-electron chi connectivity index (χ2n) is 9.14. The van der Waals surface area contributed by atoms with E-state index >= 15 is 0 Å². The van der Waals surface area contributed by atoms with Crippen LogP contribution >= 0.6 is 38.9 Å². The second kappa shape index (κ2) is 12.5. The van der Waals surface area contributed by atoms with Crippen LogP contribution in [-0.4, -0.2) is 24.8 Å². The molecule has 0 radical (unpaired) electrons. The third-order valence-electron chi connectivity index (χ3n) is 6.59. The average molecular weight is 654 g/mol. The maximum absolute atomic E-state index is 14.0. The van der Waals surface area contributed by atoms with Gasteiger partial charge < -0.3 is 14.2 Å². The third kappa shape index (κ3) is 5.88. The Balaban J connectivity index is 1.68. The Morgan fingerprint density at radius 1 is 1.12 bits per heavy atom. The molecule has 1 atom stereocenters. The minimum Gasteiger partial charge on any atom is -0.493 e. The molecule has 0 amide bonds. The SMILES string of the molecule is CCC1=C(C(=O)OC)[C@@H](c2ccccc2)n2c(s/c(=C/c3cc(Br)cc(OC)c3OCc3cccc(Cl)c3)c2=O)=N1. The van der Waals surface area contributed by atoms with Crippen molar-refractivity contribution in [3.8, 4) is 11.5 Å². The number of esters is 1. The summed E-state index contributed by atoms with van der Waals surface area (Å²) in [5, 5.41) is 0.612. The number of allylic oxidation sites excluding steroid dienone is 1. The molecular weight excluding hydrogens is 628 g/mol. The largest absolute Gasteiger partial charge is 0.493 e. The molecule has 1 aromatic heterocycles. The average Bonchev–Trinajstić information content (AvgIpc) is 3.29. The molecule has 4 aromatic rings. The van der Waals surface area contributed by atoms with Crippen molar-refractivity contribution in [1.29, 1.82) is 0 Å². The molecule has 1 aliphatic heterocycles. The van der Waals surface area contributed by atoms with Crippen LogP contribution in [-0.2, 0) is 16.1 Å². The number of halogens is 2. The molecule has 0 saturated heterocycles. The van der Waals surface area contributed by atoms with E-state index in [0.29, 0.717) is 49.1 Å². The highest BCUT2D eigenvalue weighted by atomic mass is 79.9. The Bertz CT molecular complexity index is 1830. The fraction of sp³-hybridized carbons (Fsp3) is 0.194. The van der Waals surface area contributed by atoms with Crippen molar-refractivity contribution in [1.82, 2.24) is 4.57 Å². The van der Waals surface area contributed by atoms with E-state index in [-0.39, 0.29) is 12.2 Å². The van der Waals surface area contributed by atoms with Gasteiger partial charge in [0.15, 0.2) is 16.3 Å². The summed E-state index contributed by atoms with van der Waals surface area (Å²) in [6, 6.07) is 19.8. The molecule has 5 rings (SSSR count). The number of fused-ring (bicyclic) bond motifs is 1. The number of aromatic nitrogens is 1. The molecule has 10 heteroatoms. The Kier molecular flexibility index (Phi) is 8.77. The van der Waals surface area contributed by atoms with Crippen molar-refractivity contribution in [3.05, 3.63) is 124 Å². The number of benzene rings is 3. The van der Waals surface area contributed by atoms with Crippen LogP contribution < -0.4 is 24.4 Å². The smallest absolute Gasteiger partial charge is 0.338 e. The predicted molar refractivity (Wildman–Crippen MR) is 163 cm³/mol. The van der Waals surface area contributed by atoms with Gasteiger partial charge in [-0.1, -0.05) is 88.3 Å². The molecule has 0 N–H and O–H groups in total. The third-order valence-corrected chi connectivity index (χ3v) is 8.27. The molecular formula is C31H26BrClN2O5S. The fourth-order valence-electron chi connectivity index (χ4n) is 4.74. The maximum Gasteiger partial charge on any atom is 0.338 e. The van der Waals surface area contributed by atoms with Gasteiger partial charge in [-0.05, 0) is 47.9 Å². The number of carbonyl (C=O) groups excluding carboxylic acids is 1. The standard InChI is InChI=1S/C31H26BrClN2O5S/c1-4-23-26(30(37)39-3)27(19-10-6-5-7-11-19)35-29(36)25(41-31(35)34-23)15-20-14-21(32)16-24(38-2)28(20)40-17-18-9-8-12-22(33)13-18/h5-16,27H,4,17H2,1-3H3/b25-15+/t27-/m1/s1. The normalized spacial score (nSPS) is 14.9. The van der Waals surface area contributed by atoms with Gasteiger partial charge in [0.2, 0.25) is 0 Å². The Morgan fingerprint density at radius 3 is 2.59 bits per heavy atom. The number of methoxy groups -OCH3 is 2. The summed E-state index contributed by atoms with van der Waals surface area (Å²) in [5.74, 6) is 0.469. The summed E-state index contributed by atoms with van der Waals surface area (Å²) in [5.41, 5.74) is 2.98.